The Labute approximate surface area is 118 Å². The molecule has 94 valence electrons. The Morgan fingerprint density at radius 2 is 1.89 bits per heavy atom. The lowest BCUT2D eigenvalue weighted by Gasteiger charge is -2.08. The van der Waals surface area contributed by atoms with Crippen molar-refractivity contribution in [1.29, 1.82) is 0 Å². The molecule has 0 bridgehead atoms. The third kappa shape index (κ3) is 3.25. The fourth-order valence-corrected chi connectivity index (χ4v) is 1.79. The summed E-state index contributed by atoms with van der Waals surface area (Å²) in [5.74, 6) is -0.169. The smallest absolute Gasteiger partial charge is 0.145 e. The van der Waals surface area contributed by atoms with Crippen LogP contribution >= 0.6 is 34.8 Å². The number of rotatable bonds is 3. The molecule has 0 atom stereocenters. The van der Waals surface area contributed by atoms with Crippen LogP contribution in [0.15, 0.2) is 30.3 Å². The number of nitrogens with zero attached hydrogens (tertiary/aromatic N) is 1. The van der Waals surface area contributed by atoms with Gasteiger partial charge in [0.15, 0.2) is 0 Å². The maximum atomic E-state index is 13.2. The highest BCUT2D eigenvalue weighted by Crippen LogP contribution is 2.23. The van der Waals surface area contributed by atoms with Gasteiger partial charge < -0.3 is 4.74 Å². The lowest BCUT2D eigenvalue weighted by molar-refractivity contribution is 0.304. The number of hydrogen-bond acceptors (Lipinski definition) is 2. The summed E-state index contributed by atoms with van der Waals surface area (Å²) in [5.41, 5.74) is 0.663. The van der Waals surface area contributed by atoms with Crippen LogP contribution in [-0.4, -0.2) is 4.98 Å². The minimum Gasteiger partial charge on any atom is -0.489 e. The molecule has 0 radical (unpaired) electrons. The van der Waals surface area contributed by atoms with Gasteiger partial charge in [-0.3, -0.25) is 0 Å². The first-order valence-electron chi connectivity index (χ1n) is 4.95. The quantitative estimate of drug-likeness (QED) is 0.763. The van der Waals surface area contributed by atoms with Crippen LogP contribution in [0.3, 0.4) is 0 Å². The zero-order valence-corrected chi connectivity index (χ0v) is 11.2. The molecule has 0 aliphatic heterocycles. The molecule has 0 saturated heterocycles. The van der Waals surface area contributed by atoms with E-state index in [2.05, 4.69) is 4.98 Å². The molecule has 1 aromatic carbocycles. The average molecular weight is 307 g/mol. The van der Waals surface area contributed by atoms with E-state index in [1.807, 2.05) is 0 Å². The Balaban J connectivity index is 2.09. The molecule has 6 heteroatoms. The molecule has 1 heterocycles. The summed E-state index contributed by atoms with van der Waals surface area (Å²) in [6.07, 6.45) is 0. The van der Waals surface area contributed by atoms with Crippen molar-refractivity contribution in [2.45, 2.75) is 6.61 Å². The van der Waals surface area contributed by atoms with Crippen LogP contribution in [0.4, 0.5) is 4.39 Å². The highest BCUT2D eigenvalue weighted by atomic mass is 35.5. The topological polar surface area (TPSA) is 22.1 Å². The van der Waals surface area contributed by atoms with Gasteiger partial charge in [-0.25, -0.2) is 9.37 Å². The molecule has 2 aromatic rings. The Hall–Kier alpha value is -1.03. The lowest BCUT2D eigenvalue weighted by atomic mass is 10.3. The Morgan fingerprint density at radius 3 is 2.56 bits per heavy atom. The fourth-order valence-electron chi connectivity index (χ4n) is 1.28. The molecule has 0 saturated carbocycles. The monoisotopic (exact) mass is 305 g/mol. The normalized spacial score (nSPS) is 10.4. The van der Waals surface area contributed by atoms with Crippen molar-refractivity contribution in [2.75, 3.05) is 0 Å². The maximum absolute atomic E-state index is 13.2. The van der Waals surface area contributed by atoms with Gasteiger partial charge in [-0.05, 0) is 24.3 Å². The van der Waals surface area contributed by atoms with Crippen molar-refractivity contribution in [3.8, 4) is 5.75 Å². The van der Waals surface area contributed by atoms with Crippen LogP contribution in [0.1, 0.15) is 5.56 Å². The second-order valence-electron chi connectivity index (χ2n) is 3.45. The van der Waals surface area contributed by atoms with Crippen LogP contribution in [0, 0.1) is 5.82 Å². The highest BCUT2D eigenvalue weighted by Gasteiger charge is 2.05. The number of hydrogen-bond donors (Lipinski definition) is 0. The fraction of sp³-hybridized carbons (Fsp3) is 0.0833. The lowest BCUT2D eigenvalue weighted by Crippen LogP contribution is -1.98. The van der Waals surface area contributed by atoms with Gasteiger partial charge in [0.1, 0.15) is 28.5 Å². The third-order valence-corrected chi connectivity index (χ3v) is 3.02. The molecule has 0 fully saturated rings. The molecule has 2 nitrogen and oxygen atoms in total. The van der Waals surface area contributed by atoms with Crippen LogP contribution in [0.5, 0.6) is 5.75 Å². The molecule has 0 amide bonds. The molecular weight excluding hydrogens is 299 g/mol. The average Bonchev–Trinajstić information content (AvgIpc) is 2.32. The molecule has 0 spiro atoms. The van der Waals surface area contributed by atoms with E-state index in [4.69, 9.17) is 39.5 Å². The summed E-state index contributed by atoms with van der Waals surface area (Å²) in [4.78, 5) is 3.87. The van der Waals surface area contributed by atoms with E-state index in [-0.39, 0.29) is 16.8 Å². The first-order valence-corrected chi connectivity index (χ1v) is 6.08. The van der Waals surface area contributed by atoms with E-state index in [9.17, 15) is 4.39 Å². The minimum absolute atomic E-state index is 0.0496. The van der Waals surface area contributed by atoms with Crippen molar-refractivity contribution in [2.24, 2.45) is 0 Å². The summed E-state index contributed by atoms with van der Waals surface area (Å²) in [6.45, 7) is 0.171. The predicted molar refractivity (Wildman–Crippen MR) is 70.0 cm³/mol. The summed E-state index contributed by atoms with van der Waals surface area (Å²) in [5, 5.41) is 0.617. The molecule has 0 aliphatic carbocycles. The van der Waals surface area contributed by atoms with Gasteiger partial charge in [0, 0.05) is 11.6 Å². The van der Waals surface area contributed by atoms with E-state index < -0.39 is 5.82 Å². The predicted octanol–water partition coefficient (Wildman–Crippen LogP) is 4.76. The summed E-state index contributed by atoms with van der Waals surface area (Å²) < 4.78 is 18.6. The third-order valence-electron chi connectivity index (χ3n) is 2.18. The van der Waals surface area contributed by atoms with E-state index in [1.165, 1.54) is 12.1 Å². The zero-order valence-electron chi connectivity index (χ0n) is 8.96. The van der Waals surface area contributed by atoms with Gasteiger partial charge in [-0.2, -0.15) is 0 Å². The van der Waals surface area contributed by atoms with Crippen LogP contribution in [0.2, 0.25) is 15.3 Å². The second kappa shape index (κ2) is 5.74. The van der Waals surface area contributed by atoms with Gasteiger partial charge in [-0.15, -0.1) is 0 Å². The molecule has 0 aliphatic rings. The maximum Gasteiger partial charge on any atom is 0.145 e. The first-order chi connectivity index (χ1) is 8.56. The standard InChI is InChI=1S/C12H7Cl3FNO/c13-9-3-2-8(5-10(9)16)18-6-7-1-4-11(14)17-12(7)15/h1-5H,6H2. The first kappa shape index (κ1) is 13.4. The number of benzene rings is 1. The van der Waals surface area contributed by atoms with Crippen LogP contribution in [0.25, 0.3) is 0 Å². The Bertz CT molecular complexity index is 577. The highest BCUT2D eigenvalue weighted by molar-refractivity contribution is 6.32. The number of halogens is 4. The van der Waals surface area contributed by atoms with Crippen molar-refractivity contribution < 1.29 is 9.13 Å². The van der Waals surface area contributed by atoms with Crippen molar-refractivity contribution in [1.82, 2.24) is 4.98 Å². The van der Waals surface area contributed by atoms with Crippen LogP contribution < -0.4 is 4.74 Å². The van der Waals surface area contributed by atoms with Gasteiger partial charge in [-0.1, -0.05) is 34.8 Å². The van der Waals surface area contributed by atoms with Crippen molar-refractivity contribution in [3.63, 3.8) is 0 Å². The van der Waals surface area contributed by atoms with Crippen molar-refractivity contribution in [3.05, 3.63) is 57.0 Å². The Morgan fingerprint density at radius 1 is 1.11 bits per heavy atom. The largest absolute Gasteiger partial charge is 0.489 e. The van der Waals surface area contributed by atoms with E-state index >= 15 is 0 Å². The van der Waals surface area contributed by atoms with E-state index in [0.717, 1.165) is 0 Å². The van der Waals surface area contributed by atoms with Gasteiger partial charge in [0.25, 0.3) is 0 Å². The number of aromatic nitrogens is 1. The van der Waals surface area contributed by atoms with E-state index in [1.54, 1.807) is 18.2 Å². The molecule has 18 heavy (non-hydrogen) atoms. The molecule has 0 unspecified atom stereocenters. The number of pyridine rings is 1. The molecule has 1 aromatic heterocycles. The molecular formula is C12H7Cl3FNO. The molecule has 0 N–H and O–H groups in total. The molecule has 2 rings (SSSR count). The second-order valence-corrected chi connectivity index (χ2v) is 4.60. The SMILES string of the molecule is Fc1cc(OCc2ccc(Cl)nc2Cl)ccc1Cl. The summed E-state index contributed by atoms with van der Waals surface area (Å²) in [6, 6.07) is 7.51. The van der Waals surface area contributed by atoms with E-state index in [0.29, 0.717) is 16.5 Å². The van der Waals surface area contributed by atoms with Gasteiger partial charge in [0.2, 0.25) is 0 Å². The number of ether oxygens (including phenoxy) is 1. The van der Waals surface area contributed by atoms with Gasteiger partial charge >= 0.3 is 0 Å². The summed E-state index contributed by atoms with van der Waals surface area (Å²) in [7, 11) is 0. The van der Waals surface area contributed by atoms with Crippen molar-refractivity contribution >= 4 is 34.8 Å². The van der Waals surface area contributed by atoms with Crippen LogP contribution in [-0.2, 0) is 6.61 Å². The Kier molecular flexibility index (Phi) is 4.27. The summed E-state index contributed by atoms with van der Waals surface area (Å²) >= 11 is 17.1. The minimum atomic E-state index is -0.533. The zero-order chi connectivity index (χ0) is 13.1. The van der Waals surface area contributed by atoms with Gasteiger partial charge in [0.05, 0.1) is 5.02 Å².